The Balaban J connectivity index is 1.76. The number of carbonyl (C=O) groups excluding carboxylic acids is 1. The molecule has 6 nitrogen and oxygen atoms in total. The van der Waals surface area contributed by atoms with Crippen molar-refractivity contribution in [2.24, 2.45) is 12.8 Å². The number of primary amides is 1. The Kier molecular flexibility index (Phi) is 4.30. The number of aryl methyl sites for hydroxylation is 1. The lowest BCUT2D eigenvalue weighted by atomic mass is 10.1. The second kappa shape index (κ2) is 6.94. The van der Waals surface area contributed by atoms with Gasteiger partial charge < -0.3 is 10.3 Å². The number of fused-ring (bicyclic) bond motifs is 2. The summed E-state index contributed by atoms with van der Waals surface area (Å²) >= 11 is 0. The molecular weight excluding hydrogens is 419 g/mol. The normalized spacial score (nSPS) is 12.0. The zero-order valence-electron chi connectivity index (χ0n) is 16.8. The molecule has 3 aromatic heterocycles. The van der Waals surface area contributed by atoms with Crippen molar-refractivity contribution < 1.29 is 18.0 Å². The van der Waals surface area contributed by atoms with Gasteiger partial charge in [0.25, 0.3) is 5.91 Å². The molecule has 0 saturated carbocycles. The quantitative estimate of drug-likeness (QED) is 0.447. The van der Waals surface area contributed by atoms with Crippen molar-refractivity contribution in [3.05, 3.63) is 78.4 Å². The Morgan fingerprint density at radius 1 is 0.969 bits per heavy atom. The molecule has 0 radical (unpaired) electrons. The molecule has 0 saturated heterocycles. The fourth-order valence-electron chi connectivity index (χ4n) is 3.94. The third-order valence-corrected chi connectivity index (χ3v) is 5.38. The lowest BCUT2D eigenvalue weighted by Crippen LogP contribution is -2.15. The minimum Gasteiger partial charge on any atom is -0.364 e. The first kappa shape index (κ1) is 19.8. The maximum Gasteiger partial charge on any atom is 0.449 e. The van der Waals surface area contributed by atoms with Crippen LogP contribution in [-0.2, 0) is 13.2 Å². The number of hydrogen-bond acceptors (Lipinski definition) is 3. The molecule has 3 heterocycles. The highest BCUT2D eigenvalue weighted by Crippen LogP contribution is 2.34. The van der Waals surface area contributed by atoms with Crippen molar-refractivity contribution in [3.63, 3.8) is 0 Å². The monoisotopic (exact) mass is 435 g/mol. The SMILES string of the molecule is Cn1c(C(F)(F)F)nc2ccc(-c3cccn4c(C(N)=O)c(-c5ccccc5)nc34)cc21. The van der Waals surface area contributed by atoms with Crippen LogP contribution in [0.25, 0.3) is 39.1 Å². The lowest BCUT2D eigenvalue weighted by Gasteiger charge is -2.07. The van der Waals surface area contributed by atoms with Gasteiger partial charge in [0.1, 0.15) is 17.0 Å². The molecule has 5 aromatic rings. The Hall–Kier alpha value is -4.14. The van der Waals surface area contributed by atoms with Crippen LogP contribution in [0.2, 0.25) is 0 Å². The fourth-order valence-corrected chi connectivity index (χ4v) is 3.94. The number of rotatable bonds is 3. The zero-order chi connectivity index (χ0) is 22.6. The largest absolute Gasteiger partial charge is 0.449 e. The summed E-state index contributed by atoms with van der Waals surface area (Å²) in [6, 6.07) is 17.6. The summed E-state index contributed by atoms with van der Waals surface area (Å²) in [5.41, 5.74) is 9.40. The first-order valence-corrected chi connectivity index (χ1v) is 9.66. The number of pyridine rings is 1. The molecule has 0 aliphatic heterocycles. The van der Waals surface area contributed by atoms with E-state index in [1.165, 1.54) is 7.05 Å². The standard InChI is InChI=1S/C23H16F3N5O/c1-30-17-12-14(9-10-16(17)28-22(30)23(24,25)26)15-8-5-11-31-19(20(27)32)18(29-21(15)31)13-6-3-2-4-7-13/h2-12H,1H3,(H2,27,32). The molecule has 5 rings (SSSR count). The number of carbonyl (C=O) groups is 1. The summed E-state index contributed by atoms with van der Waals surface area (Å²) in [6.45, 7) is 0. The van der Waals surface area contributed by atoms with Crippen molar-refractivity contribution in [3.8, 4) is 22.4 Å². The van der Waals surface area contributed by atoms with Crippen LogP contribution in [0.3, 0.4) is 0 Å². The van der Waals surface area contributed by atoms with E-state index in [-0.39, 0.29) is 11.2 Å². The Morgan fingerprint density at radius 2 is 1.72 bits per heavy atom. The van der Waals surface area contributed by atoms with E-state index in [0.29, 0.717) is 28.0 Å². The zero-order valence-corrected chi connectivity index (χ0v) is 16.8. The van der Waals surface area contributed by atoms with Gasteiger partial charge >= 0.3 is 6.18 Å². The van der Waals surface area contributed by atoms with E-state index >= 15 is 0 Å². The molecule has 0 spiro atoms. The van der Waals surface area contributed by atoms with Crippen LogP contribution in [0, 0.1) is 0 Å². The predicted molar refractivity (Wildman–Crippen MR) is 114 cm³/mol. The number of hydrogen-bond donors (Lipinski definition) is 1. The molecule has 1 amide bonds. The van der Waals surface area contributed by atoms with Crippen LogP contribution in [0.1, 0.15) is 16.3 Å². The van der Waals surface area contributed by atoms with E-state index in [0.717, 1.165) is 10.1 Å². The molecule has 0 bridgehead atoms. The van der Waals surface area contributed by atoms with Crippen LogP contribution in [0.15, 0.2) is 66.9 Å². The van der Waals surface area contributed by atoms with Crippen LogP contribution in [0.5, 0.6) is 0 Å². The molecule has 9 heteroatoms. The number of benzene rings is 2. The Bertz CT molecular complexity index is 1500. The minimum atomic E-state index is -4.56. The summed E-state index contributed by atoms with van der Waals surface area (Å²) in [5, 5.41) is 0. The maximum absolute atomic E-state index is 13.3. The molecule has 0 aliphatic carbocycles. The lowest BCUT2D eigenvalue weighted by molar-refractivity contribution is -0.146. The molecule has 0 unspecified atom stereocenters. The number of alkyl halides is 3. The first-order chi connectivity index (χ1) is 15.3. The Morgan fingerprint density at radius 3 is 2.41 bits per heavy atom. The minimum absolute atomic E-state index is 0.231. The summed E-state index contributed by atoms with van der Waals surface area (Å²) in [6.07, 6.45) is -2.87. The molecule has 2 N–H and O–H groups in total. The first-order valence-electron chi connectivity index (χ1n) is 9.66. The number of imidazole rings is 2. The highest BCUT2D eigenvalue weighted by Gasteiger charge is 2.36. The summed E-state index contributed by atoms with van der Waals surface area (Å²) in [7, 11) is 1.33. The average molecular weight is 435 g/mol. The van der Waals surface area contributed by atoms with Gasteiger partial charge in [-0.05, 0) is 29.8 Å². The third kappa shape index (κ3) is 3.01. The van der Waals surface area contributed by atoms with E-state index in [1.54, 1.807) is 40.9 Å². The van der Waals surface area contributed by atoms with Crippen LogP contribution < -0.4 is 5.73 Å². The predicted octanol–water partition coefficient (Wildman–Crippen LogP) is 4.67. The van der Waals surface area contributed by atoms with Gasteiger partial charge in [-0.15, -0.1) is 0 Å². The number of nitrogens with zero attached hydrogens (tertiary/aromatic N) is 4. The van der Waals surface area contributed by atoms with E-state index in [2.05, 4.69) is 9.97 Å². The van der Waals surface area contributed by atoms with Gasteiger partial charge in [-0.2, -0.15) is 13.2 Å². The van der Waals surface area contributed by atoms with E-state index in [4.69, 9.17) is 5.73 Å². The highest BCUT2D eigenvalue weighted by atomic mass is 19.4. The van der Waals surface area contributed by atoms with E-state index in [1.807, 2.05) is 30.3 Å². The van der Waals surface area contributed by atoms with Crippen molar-refractivity contribution in [2.45, 2.75) is 6.18 Å². The summed E-state index contributed by atoms with van der Waals surface area (Å²) in [4.78, 5) is 20.7. The molecule has 160 valence electrons. The third-order valence-electron chi connectivity index (χ3n) is 5.38. The van der Waals surface area contributed by atoms with Crippen LogP contribution in [0.4, 0.5) is 13.2 Å². The smallest absolute Gasteiger partial charge is 0.364 e. The van der Waals surface area contributed by atoms with Crippen molar-refractivity contribution in [1.82, 2.24) is 18.9 Å². The van der Waals surface area contributed by atoms with Crippen molar-refractivity contribution >= 4 is 22.6 Å². The molecule has 0 fully saturated rings. The van der Waals surface area contributed by atoms with Gasteiger partial charge in [0.2, 0.25) is 5.82 Å². The number of amides is 1. The molecule has 2 aromatic carbocycles. The molecular formula is C23H16F3N5O. The summed E-state index contributed by atoms with van der Waals surface area (Å²) in [5.74, 6) is -1.60. The van der Waals surface area contributed by atoms with Crippen molar-refractivity contribution in [1.29, 1.82) is 0 Å². The van der Waals surface area contributed by atoms with Gasteiger partial charge in [-0.1, -0.05) is 36.4 Å². The Labute approximate surface area is 179 Å². The van der Waals surface area contributed by atoms with Gasteiger partial charge in [-0.25, -0.2) is 9.97 Å². The van der Waals surface area contributed by atoms with Gasteiger partial charge in [0.15, 0.2) is 0 Å². The molecule has 0 atom stereocenters. The second-order valence-corrected chi connectivity index (χ2v) is 7.35. The highest BCUT2D eigenvalue weighted by molar-refractivity contribution is 6.00. The summed E-state index contributed by atoms with van der Waals surface area (Å²) < 4.78 is 42.4. The van der Waals surface area contributed by atoms with E-state index in [9.17, 15) is 18.0 Å². The maximum atomic E-state index is 13.3. The van der Waals surface area contributed by atoms with Gasteiger partial charge in [0, 0.05) is 24.4 Å². The molecule has 0 aliphatic rings. The number of nitrogens with two attached hydrogens (primary N) is 1. The molecule has 32 heavy (non-hydrogen) atoms. The van der Waals surface area contributed by atoms with Crippen LogP contribution >= 0.6 is 0 Å². The van der Waals surface area contributed by atoms with Crippen LogP contribution in [-0.4, -0.2) is 24.8 Å². The van der Waals surface area contributed by atoms with Gasteiger partial charge in [0.05, 0.1) is 11.0 Å². The average Bonchev–Trinajstić information content (AvgIpc) is 3.32. The van der Waals surface area contributed by atoms with Gasteiger partial charge in [-0.3, -0.25) is 9.20 Å². The number of aromatic nitrogens is 4. The van der Waals surface area contributed by atoms with Crippen molar-refractivity contribution in [2.75, 3.05) is 0 Å². The van der Waals surface area contributed by atoms with E-state index < -0.39 is 17.9 Å². The fraction of sp³-hybridized carbons (Fsp3) is 0.0870. The topological polar surface area (TPSA) is 78.2 Å². The second-order valence-electron chi connectivity index (χ2n) is 7.35. The number of halogens is 3.